The molecule has 1 aromatic heterocycles. The molecule has 0 bridgehead atoms. The van der Waals surface area contributed by atoms with Gasteiger partial charge in [-0.05, 0) is 103 Å². The Morgan fingerprint density at radius 2 is 1.73 bits per heavy atom. The highest BCUT2D eigenvalue weighted by atomic mass is 15.3. The minimum Gasteiger partial charge on any atom is -0.290 e. The monoisotopic (exact) mass is 483 g/mol. The maximum absolute atomic E-state index is 5.25. The van der Waals surface area contributed by atoms with Crippen molar-refractivity contribution in [2.45, 2.75) is 58.8 Å². The normalized spacial score (nSPS) is 24.8. The summed E-state index contributed by atoms with van der Waals surface area (Å²) in [5.41, 5.74) is 14.6. The van der Waals surface area contributed by atoms with Crippen molar-refractivity contribution in [3.63, 3.8) is 0 Å². The molecule has 0 saturated heterocycles. The summed E-state index contributed by atoms with van der Waals surface area (Å²) in [6, 6.07) is 10.8. The van der Waals surface area contributed by atoms with E-state index >= 15 is 0 Å². The van der Waals surface area contributed by atoms with Gasteiger partial charge in [-0.2, -0.15) is 0 Å². The average Bonchev–Trinajstić information content (AvgIpc) is 3.43. The standard InChI is InChI=1S/C34H33N3/c1-34(2)26-15-7-6-14-24(26)32-25-19-20-36(30-18-10-11-22(31(25)30)21-27(32)34)33-35-28-16-8-9-17-29(28)37(33)23-12-4-3-5-13-23/h3-6,8,11-14,16,19-20,27H,7,9-10,15,17-18,21H2,1-2H3. The van der Waals surface area contributed by atoms with Crippen molar-refractivity contribution >= 4 is 12.0 Å². The molecule has 1 aliphatic heterocycles. The van der Waals surface area contributed by atoms with Crippen LogP contribution in [0.15, 0.2) is 106 Å². The zero-order valence-corrected chi connectivity index (χ0v) is 21.8. The quantitative estimate of drug-likeness (QED) is 0.430. The van der Waals surface area contributed by atoms with E-state index in [1.54, 1.807) is 16.7 Å². The molecule has 2 heterocycles. The number of aromatic nitrogens is 2. The van der Waals surface area contributed by atoms with Crippen LogP contribution in [0.1, 0.15) is 63.8 Å². The van der Waals surface area contributed by atoms with Gasteiger partial charge in [0.1, 0.15) is 0 Å². The first-order valence-corrected chi connectivity index (χ1v) is 14.0. The maximum atomic E-state index is 5.25. The van der Waals surface area contributed by atoms with Crippen LogP contribution in [0.25, 0.3) is 11.8 Å². The largest absolute Gasteiger partial charge is 0.290 e. The summed E-state index contributed by atoms with van der Waals surface area (Å²) in [7, 11) is 0. The first-order chi connectivity index (χ1) is 18.1. The third-order valence-electron chi connectivity index (χ3n) is 9.54. The van der Waals surface area contributed by atoms with Crippen molar-refractivity contribution in [1.82, 2.24) is 9.55 Å². The molecule has 3 heteroatoms. The van der Waals surface area contributed by atoms with Crippen molar-refractivity contribution in [2.75, 3.05) is 4.90 Å². The Morgan fingerprint density at radius 3 is 2.62 bits per heavy atom. The van der Waals surface area contributed by atoms with Crippen LogP contribution < -0.4 is 4.90 Å². The molecular formula is C34H33N3. The predicted octanol–water partition coefficient (Wildman–Crippen LogP) is 8.14. The number of nitrogens with zero attached hydrogens (tertiary/aromatic N) is 3. The van der Waals surface area contributed by atoms with Gasteiger partial charge in [-0.25, -0.2) is 4.98 Å². The number of hydrogen-bond acceptors (Lipinski definition) is 2. The Balaban J connectivity index is 1.34. The summed E-state index contributed by atoms with van der Waals surface area (Å²) in [5.74, 6) is 1.60. The van der Waals surface area contributed by atoms with Gasteiger partial charge in [0, 0.05) is 23.2 Å². The molecule has 37 heavy (non-hydrogen) atoms. The van der Waals surface area contributed by atoms with Crippen molar-refractivity contribution in [3.05, 3.63) is 117 Å². The number of hydrogen-bond donors (Lipinski definition) is 0. The molecule has 0 fully saturated rings. The number of rotatable bonds is 2. The molecule has 3 nitrogen and oxygen atoms in total. The zero-order valence-electron chi connectivity index (χ0n) is 21.8. The van der Waals surface area contributed by atoms with Gasteiger partial charge in [0.25, 0.3) is 0 Å². The van der Waals surface area contributed by atoms with Gasteiger partial charge in [0.05, 0.1) is 11.4 Å². The molecule has 184 valence electrons. The zero-order chi connectivity index (χ0) is 24.7. The minimum atomic E-state index is 0.229. The van der Waals surface area contributed by atoms with E-state index in [9.17, 15) is 0 Å². The summed E-state index contributed by atoms with van der Waals surface area (Å²) in [6.07, 6.45) is 24.4. The van der Waals surface area contributed by atoms with Crippen LogP contribution in [0, 0.1) is 11.3 Å². The van der Waals surface area contributed by atoms with E-state index in [-0.39, 0.29) is 5.41 Å². The van der Waals surface area contributed by atoms with Crippen molar-refractivity contribution in [2.24, 2.45) is 11.3 Å². The molecule has 0 radical (unpaired) electrons. The first kappa shape index (κ1) is 21.5. The second-order valence-electron chi connectivity index (χ2n) is 11.8. The number of benzene rings is 1. The molecule has 1 unspecified atom stereocenters. The molecule has 0 N–H and O–H groups in total. The highest BCUT2D eigenvalue weighted by Crippen LogP contribution is 2.61. The van der Waals surface area contributed by atoms with E-state index < -0.39 is 0 Å². The smallest absolute Gasteiger partial charge is 0.219 e. The van der Waals surface area contributed by atoms with E-state index in [4.69, 9.17) is 4.98 Å². The first-order valence-electron chi connectivity index (χ1n) is 14.0. The Bertz CT molecular complexity index is 1560. The van der Waals surface area contributed by atoms with Crippen LogP contribution in [0.4, 0.5) is 5.95 Å². The summed E-state index contributed by atoms with van der Waals surface area (Å²) in [6.45, 7) is 4.98. The number of allylic oxidation sites excluding steroid dienone is 12. The number of para-hydroxylation sites is 1. The Hall–Kier alpha value is -3.59. The third-order valence-corrected chi connectivity index (χ3v) is 9.54. The van der Waals surface area contributed by atoms with E-state index in [1.165, 1.54) is 46.6 Å². The van der Waals surface area contributed by atoms with Gasteiger partial charge in [-0.15, -0.1) is 0 Å². The van der Waals surface area contributed by atoms with Gasteiger partial charge in [0.2, 0.25) is 5.95 Å². The van der Waals surface area contributed by atoms with Gasteiger partial charge < -0.3 is 0 Å². The second-order valence-corrected chi connectivity index (χ2v) is 11.8. The van der Waals surface area contributed by atoms with Crippen LogP contribution in [0.2, 0.25) is 0 Å². The van der Waals surface area contributed by atoms with E-state index in [1.807, 2.05) is 0 Å². The van der Waals surface area contributed by atoms with Crippen molar-refractivity contribution in [1.29, 1.82) is 0 Å². The molecule has 0 spiro atoms. The maximum Gasteiger partial charge on any atom is 0.219 e. The van der Waals surface area contributed by atoms with Gasteiger partial charge in [0.15, 0.2) is 0 Å². The lowest BCUT2D eigenvalue weighted by atomic mass is 9.66. The Morgan fingerprint density at radius 1 is 0.892 bits per heavy atom. The SMILES string of the molecule is CC1(C)C2=C(C=CCC2)C2=C3C=CN(c4nc5c(n4-c4ccccc4)CCC=C5)C4=C3C(=CCC4)CC21. The topological polar surface area (TPSA) is 21.1 Å². The van der Waals surface area contributed by atoms with E-state index in [2.05, 4.69) is 96.3 Å². The Kier molecular flexibility index (Phi) is 4.48. The fourth-order valence-electron chi connectivity index (χ4n) is 7.79. The molecule has 2 aromatic rings. The molecular weight excluding hydrogens is 450 g/mol. The fraction of sp³-hybridized carbons (Fsp3) is 0.324. The van der Waals surface area contributed by atoms with Gasteiger partial charge in [-0.1, -0.05) is 61.9 Å². The van der Waals surface area contributed by atoms with E-state index in [0.717, 1.165) is 43.7 Å². The molecule has 0 amide bonds. The van der Waals surface area contributed by atoms with E-state index in [0.29, 0.717) is 5.92 Å². The summed E-state index contributed by atoms with van der Waals surface area (Å²) in [5, 5.41) is 0. The van der Waals surface area contributed by atoms with Crippen molar-refractivity contribution < 1.29 is 0 Å². The molecule has 8 rings (SSSR count). The summed E-state index contributed by atoms with van der Waals surface area (Å²) >= 11 is 0. The Labute approximate surface area is 219 Å². The lowest BCUT2D eigenvalue weighted by Gasteiger charge is -2.41. The highest BCUT2D eigenvalue weighted by Gasteiger charge is 2.49. The average molecular weight is 484 g/mol. The lowest BCUT2D eigenvalue weighted by molar-refractivity contribution is 0.315. The lowest BCUT2D eigenvalue weighted by Crippen LogP contribution is -2.32. The van der Waals surface area contributed by atoms with Crippen LogP contribution in [0.5, 0.6) is 0 Å². The molecule has 6 aliphatic rings. The summed E-state index contributed by atoms with van der Waals surface area (Å²) < 4.78 is 2.40. The third kappa shape index (κ3) is 2.91. The molecule has 0 saturated carbocycles. The molecule has 5 aliphatic carbocycles. The number of imidazole rings is 1. The van der Waals surface area contributed by atoms with Crippen LogP contribution in [0.3, 0.4) is 0 Å². The number of fused-ring (bicyclic) bond motifs is 3. The molecule has 1 atom stereocenters. The predicted molar refractivity (Wildman–Crippen MR) is 151 cm³/mol. The minimum absolute atomic E-state index is 0.229. The van der Waals surface area contributed by atoms with Crippen molar-refractivity contribution in [3.8, 4) is 5.69 Å². The van der Waals surface area contributed by atoms with Gasteiger partial charge >= 0.3 is 0 Å². The fourth-order valence-corrected chi connectivity index (χ4v) is 7.79. The molecule has 1 aromatic carbocycles. The van der Waals surface area contributed by atoms with Crippen LogP contribution in [-0.4, -0.2) is 9.55 Å². The number of anilines is 1. The second kappa shape index (κ2) is 7.71. The van der Waals surface area contributed by atoms with Crippen LogP contribution >= 0.6 is 0 Å². The van der Waals surface area contributed by atoms with Gasteiger partial charge in [-0.3, -0.25) is 9.47 Å². The highest BCUT2D eigenvalue weighted by molar-refractivity contribution is 5.75. The van der Waals surface area contributed by atoms with Crippen LogP contribution in [-0.2, 0) is 6.42 Å². The summed E-state index contributed by atoms with van der Waals surface area (Å²) in [4.78, 5) is 7.67.